The van der Waals surface area contributed by atoms with Crippen molar-refractivity contribution in [1.29, 1.82) is 0 Å². The Kier molecular flexibility index (Phi) is 3.87. The highest BCUT2D eigenvalue weighted by molar-refractivity contribution is 5.70. The third kappa shape index (κ3) is 3.09. The van der Waals surface area contributed by atoms with Crippen LogP contribution in [0, 0.1) is 0 Å². The van der Waals surface area contributed by atoms with E-state index in [2.05, 4.69) is 10.1 Å². The SMILES string of the molecule is CC(C)(C)OC(=O)N1CCCCC1c1ccc2c(N)ncnn12. The van der Waals surface area contributed by atoms with Crippen LogP contribution in [0.5, 0.6) is 0 Å². The van der Waals surface area contributed by atoms with Crippen LogP contribution in [0.2, 0.25) is 0 Å². The third-order valence-corrected chi connectivity index (χ3v) is 3.98. The number of nitrogen functional groups attached to an aromatic ring is 1. The standard InChI is InChI=1S/C16H23N5O2/c1-16(2,3)23-15(22)20-9-5-4-6-11(20)12-7-8-13-14(17)18-10-19-21(12)13/h7-8,10-11H,4-6,9H2,1-3H3,(H2,17,18,19). The highest BCUT2D eigenvalue weighted by Gasteiger charge is 2.33. The van der Waals surface area contributed by atoms with E-state index in [4.69, 9.17) is 10.5 Å². The number of nitrogens with two attached hydrogens (primary N) is 1. The number of rotatable bonds is 1. The van der Waals surface area contributed by atoms with Crippen molar-refractivity contribution in [3.63, 3.8) is 0 Å². The van der Waals surface area contributed by atoms with Gasteiger partial charge in [0.1, 0.15) is 17.4 Å². The van der Waals surface area contributed by atoms with Crippen molar-refractivity contribution in [2.75, 3.05) is 12.3 Å². The molecule has 1 atom stereocenters. The number of carbonyl (C=O) groups excluding carboxylic acids is 1. The molecule has 0 saturated carbocycles. The predicted molar refractivity (Wildman–Crippen MR) is 86.9 cm³/mol. The number of anilines is 1. The van der Waals surface area contributed by atoms with Gasteiger partial charge in [0, 0.05) is 6.54 Å². The Morgan fingerprint density at radius 3 is 2.87 bits per heavy atom. The lowest BCUT2D eigenvalue weighted by Crippen LogP contribution is -2.42. The van der Waals surface area contributed by atoms with Gasteiger partial charge < -0.3 is 10.5 Å². The minimum absolute atomic E-state index is 0.0598. The largest absolute Gasteiger partial charge is 0.444 e. The van der Waals surface area contributed by atoms with Gasteiger partial charge in [0.2, 0.25) is 0 Å². The van der Waals surface area contributed by atoms with E-state index in [1.54, 1.807) is 9.42 Å². The van der Waals surface area contributed by atoms with Crippen molar-refractivity contribution in [3.8, 4) is 0 Å². The van der Waals surface area contributed by atoms with Crippen LogP contribution in [0.1, 0.15) is 51.8 Å². The van der Waals surface area contributed by atoms with Gasteiger partial charge in [0.15, 0.2) is 5.82 Å². The van der Waals surface area contributed by atoms with Gasteiger partial charge in [-0.1, -0.05) is 0 Å². The zero-order valence-electron chi connectivity index (χ0n) is 13.8. The summed E-state index contributed by atoms with van der Waals surface area (Å²) in [6, 6.07) is 3.80. The first kappa shape index (κ1) is 15.6. The fourth-order valence-electron chi connectivity index (χ4n) is 3.00. The van der Waals surface area contributed by atoms with Crippen LogP contribution >= 0.6 is 0 Å². The van der Waals surface area contributed by atoms with Crippen molar-refractivity contribution >= 4 is 17.4 Å². The molecule has 1 aliphatic heterocycles. The highest BCUT2D eigenvalue weighted by atomic mass is 16.6. The highest BCUT2D eigenvalue weighted by Crippen LogP contribution is 2.33. The van der Waals surface area contributed by atoms with Crippen molar-refractivity contribution < 1.29 is 9.53 Å². The monoisotopic (exact) mass is 317 g/mol. The molecule has 7 heteroatoms. The van der Waals surface area contributed by atoms with Crippen LogP contribution in [-0.4, -0.2) is 37.7 Å². The number of hydrogen-bond acceptors (Lipinski definition) is 5. The Morgan fingerprint density at radius 2 is 2.13 bits per heavy atom. The fourth-order valence-corrected chi connectivity index (χ4v) is 3.00. The lowest BCUT2D eigenvalue weighted by molar-refractivity contribution is 0.00882. The molecule has 0 radical (unpaired) electrons. The van der Waals surface area contributed by atoms with Gasteiger partial charge in [-0.25, -0.2) is 14.3 Å². The second kappa shape index (κ2) is 5.72. The normalized spacial score (nSPS) is 19.1. The quantitative estimate of drug-likeness (QED) is 0.874. The summed E-state index contributed by atoms with van der Waals surface area (Å²) in [4.78, 5) is 18.4. The maximum Gasteiger partial charge on any atom is 0.410 e. The molecule has 2 aromatic heterocycles. The maximum atomic E-state index is 12.6. The molecule has 7 nitrogen and oxygen atoms in total. The summed E-state index contributed by atoms with van der Waals surface area (Å²) >= 11 is 0. The van der Waals surface area contributed by atoms with Crippen LogP contribution in [0.3, 0.4) is 0 Å². The van der Waals surface area contributed by atoms with Gasteiger partial charge in [-0.05, 0) is 52.2 Å². The topological polar surface area (TPSA) is 85.8 Å². The second-order valence-corrected chi connectivity index (χ2v) is 6.89. The molecular weight excluding hydrogens is 294 g/mol. The average molecular weight is 317 g/mol. The van der Waals surface area contributed by atoms with Crippen molar-refractivity contribution in [2.45, 2.75) is 51.7 Å². The number of ether oxygens (including phenoxy) is 1. The van der Waals surface area contributed by atoms with Gasteiger partial charge >= 0.3 is 6.09 Å². The molecule has 2 aromatic rings. The van der Waals surface area contributed by atoms with Crippen molar-refractivity contribution in [2.24, 2.45) is 0 Å². The zero-order chi connectivity index (χ0) is 16.6. The predicted octanol–water partition coefficient (Wildman–Crippen LogP) is 2.77. The Bertz CT molecular complexity index is 719. The molecule has 1 fully saturated rings. The van der Waals surface area contributed by atoms with Crippen molar-refractivity contribution in [1.82, 2.24) is 19.5 Å². The van der Waals surface area contributed by atoms with Crippen LogP contribution in [-0.2, 0) is 4.74 Å². The lowest BCUT2D eigenvalue weighted by atomic mass is 10.00. The number of nitrogens with zero attached hydrogens (tertiary/aromatic N) is 4. The molecule has 3 heterocycles. The molecular formula is C16H23N5O2. The van der Waals surface area contributed by atoms with Crippen LogP contribution in [0.4, 0.5) is 10.6 Å². The van der Waals surface area contributed by atoms with Gasteiger partial charge in [-0.2, -0.15) is 5.10 Å². The van der Waals surface area contributed by atoms with E-state index >= 15 is 0 Å². The number of likely N-dealkylation sites (tertiary alicyclic amines) is 1. The van der Waals surface area contributed by atoms with E-state index in [9.17, 15) is 4.79 Å². The maximum absolute atomic E-state index is 12.6. The molecule has 124 valence electrons. The van der Waals surface area contributed by atoms with Gasteiger partial charge in [0.25, 0.3) is 0 Å². The summed E-state index contributed by atoms with van der Waals surface area (Å²) in [5.74, 6) is 0.436. The number of aromatic nitrogens is 3. The van der Waals surface area contributed by atoms with E-state index in [1.165, 1.54) is 6.33 Å². The number of piperidine rings is 1. The molecule has 23 heavy (non-hydrogen) atoms. The van der Waals surface area contributed by atoms with Crippen LogP contribution in [0.15, 0.2) is 18.5 Å². The lowest BCUT2D eigenvalue weighted by Gasteiger charge is -2.36. The minimum Gasteiger partial charge on any atom is -0.444 e. The van der Waals surface area contributed by atoms with Crippen LogP contribution in [0.25, 0.3) is 5.52 Å². The molecule has 0 spiro atoms. The van der Waals surface area contributed by atoms with Crippen LogP contribution < -0.4 is 5.73 Å². The summed E-state index contributed by atoms with van der Waals surface area (Å²) in [5.41, 5.74) is 7.10. The van der Waals surface area contributed by atoms with Gasteiger partial charge in [0.05, 0.1) is 11.7 Å². The van der Waals surface area contributed by atoms with E-state index < -0.39 is 5.60 Å². The fraction of sp³-hybridized carbons (Fsp3) is 0.562. The molecule has 0 bridgehead atoms. The van der Waals surface area contributed by atoms with Gasteiger partial charge in [-0.3, -0.25) is 4.90 Å². The smallest absolute Gasteiger partial charge is 0.410 e. The Balaban J connectivity index is 1.94. The average Bonchev–Trinajstić information content (AvgIpc) is 2.91. The minimum atomic E-state index is -0.507. The summed E-state index contributed by atoms with van der Waals surface area (Å²) in [5, 5.41) is 4.29. The number of fused-ring (bicyclic) bond motifs is 1. The molecule has 1 saturated heterocycles. The molecule has 2 N–H and O–H groups in total. The van der Waals surface area contributed by atoms with E-state index in [0.29, 0.717) is 12.4 Å². The van der Waals surface area contributed by atoms with Crippen molar-refractivity contribution in [3.05, 3.63) is 24.2 Å². The van der Waals surface area contributed by atoms with E-state index in [0.717, 1.165) is 30.5 Å². The Labute approximate surface area is 135 Å². The Morgan fingerprint density at radius 1 is 1.35 bits per heavy atom. The third-order valence-electron chi connectivity index (χ3n) is 3.98. The summed E-state index contributed by atoms with van der Waals surface area (Å²) in [7, 11) is 0. The first-order chi connectivity index (χ1) is 10.9. The molecule has 0 aromatic carbocycles. The first-order valence-electron chi connectivity index (χ1n) is 7.94. The second-order valence-electron chi connectivity index (χ2n) is 6.89. The first-order valence-corrected chi connectivity index (χ1v) is 7.94. The number of carbonyl (C=O) groups is 1. The van der Waals surface area contributed by atoms with Gasteiger partial charge in [-0.15, -0.1) is 0 Å². The molecule has 0 aliphatic carbocycles. The molecule has 1 aliphatic rings. The van der Waals surface area contributed by atoms with E-state index in [-0.39, 0.29) is 12.1 Å². The summed E-state index contributed by atoms with van der Waals surface area (Å²) < 4.78 is 7.34. The molecule has 1 unspecified atom stereocenters. The molecule has 1 amide bonds. The van der Waals surface area contributed by atoms with E-state index in [1.807, 2.05) is 32.9 Å². The molecule has 3 rings (SSSR count). The zero-order valence-corrected chi connectivity index (χ0v) is 13.8. The number of hydrogen-bond donors (Lipinski definition) is 1. The summed E-state index contributed by atoms with van der Waals surface area (Å²) in [6.07, 6.45) is 4.09. The Hall–Kier alpha value is -2.31. The number of amides is 1. The summed E-state index contributed by atoms with van der Waals surface area (Å²) in [6.45, 7) is 6.33.